The van der Waals surface area contributed by atoms with Crippen LogP contribution in [0.5, 0.6) is 0 Å². The zero-order valence-corrected chi connectivity index (χ0v) is 13.2. The second-order valence-electron chi connectivity index (χ2n) is 6.07. The quantitative estimate of drug-likeness (QED) is 0.873. The summed E-state index contributed by atoms with van der Waals surface area (Å²) in [6.07, 6.45) is 4.83. The minimum Gasteiger partial charge on any atom is -0.337 e. The van der Waals surface area contributed by atoms with E-state index in [-0.39, 0.29) is 5.91 Å². The van der Waals surface area contributed by atoms with Crippen LogP contribution in [0.2, 0.25) is 0 Å². The predicted molar refractivity (Wildman–Crippen MR) is 84.5 cm³/mol. The van der Waals surface area contributed by atoms with Crippen molar-refractivity contribution in [2.24, 2.45) is 13.0 Å². The Morgan fingerprint density at radius 2 is 2.23 bits per heavy atom. The van der Waals surface area contributed by atoms with Gasteiger partial charge in [-0.05, 0) is 50.3 Å². The van der Waals surface area contributed by atoms with E-state index in [0.29, 0.717) is 11.6 Å². The monoisotopic (exact) mass is 298 g/mol. The second-order valence-corrected chi connectivity index (χ2v) is 6.07. The highest BCUT2D eigenvalue weighted by atomic mass is 16.2. The molecule has 22 heavy (non-hydrogen) atoms. The first-order valence-corrected chi connectivity index (χ1v) is 7.83. The number of amides is 1. The molecule has 2 aromatic rings. The fraction of sp³-hybridized carbons (Fsp3) is 0.471. The fourth-order valence-electron chi connectivity index (χ4n) is 3.17. The molecule has 1 fully saturated rings. The first-order chi connectivity index (χ1) is 10.6. The number of carbonyl (C=O) groups excluding carboxylic acids is 1. The maximum absolute atomic E-state index is 12.6. The molecule has 1 atom stereocenters. The Labute approximate surface area is 131 Å². The van der Waals surface area contributed by atoms with E-state index in [0.717, 1.165) is 43.7 Å². The normalized spacial score (nSPS) is 18.5. The van der Waals surface area contributed by atoms with Crippen LogP contribution in [-0.2, 0) is 13.5 Å². The van der Waals surface area contributed by atoms with Crippen LogP contribution in [0.25, 0.3) is 0 Å². The van der Waals surface area contributed by atoms with Crippen molar-refractivity contribution in [1.29, 1.82) is 0 Å². The van der Waals surface area contributed by atoms with E-state index in [1.54, 1.807) is 16.9 Å². The molecule has 0 unspecified atom stereocenters. The lowest BCUT2D eigenvalue weighted by Crippen LogP contribution is -2.41. The van der Waals surface area contributed by atoms with Crippen molar-refractivity contribution in [3.63, 3.8) is 0 Å². The summed E-state index contributed by atoms with van der Waals surface area (Å²) in [5.41, 5.74) is 2.84. The SMILES string of the molecule is Cc1cccc(C[C@@H]2CCCN(C(=O)c3ccnn3C)C2)n1. The summed E-state index contributed by atoms with van der Waals surface area (Å²) >= 11 is 0. The van der Waals surface area contributed by atoms with Crippen LogP contribution in [0.3, 0.4) is 0 Å². The minimum absolute atomic E-state index is 0.0851. The Balaban J connectivity index is 1.67. The molecule has 1 aliphatic rings. The molecule has 5 nitrogen and oxygen atoms in total. The molecule has 5 heteroatoms. The Kier molecular flexibility index (Phi) is 4.22. The first-order valence-electron chi connectivity index (χ1n) is 7.83. The van der Waals surface area contributed by atoms with Crippen molar-refractivity contribution >= 4 is 5.91 Å². The van der Waals surface area contributed by atoms with Crippen LogP contribution in [-0.4, -0.2) is 38.7 Å². The van der Waals surface area contributed by atoms with Gasteiger partial charge in [0.25, 0.3) is 5.91 Å². The topological polar surface area (TPSA) is 51.0 Å². The maximum Gasteiger partial charge on any atom is 0.272 e. The van der Waals surface area contributed by atoms with Gasteiger partial charge in [0.15, 0.2) is 0 Å². The molecule has 1 aliphatic heterocycles. The van der Waals surface area contributed by atoms with Gasteiger partial charge < -0.3 is 4.90 Å². The van der Waals surface area contributed by atoms with Gasteiger partial charge in [-0.3, -0.25) is 14.5 Å². The van der Waals surface area contributed by atoms with Gasteiger partial charge in [0, 0.05) is 37.7 Å². The van der Waals surface area contributed by atoms with Gasteiger partial charge in [-0.25, -0.2) is 0 Å². The average molecular weight is 298 g/mol. The summed E-state index contributed by atoms with van der Waals surface area (Å²) in [5, 5.41) is 4.09. The molecule has 0 N–H and O–H groups in total. The van der Waals surface area contributed by atoms with Crippen LogP contribution in [0.1, 0.15) is 34.7 Å². The Morgan fingerprint density at radius 3 is 2.95 bits per heavy atom. The highest BCUT2D eigenvalue weighted by Gasteiger charge is 2.26. The Morgan fingerprint density at radius 1 is 1.36 bits per heavy atom. The molecule has 1 saturated heterocycles. The number of nitrogens with zero attached hydrogens (tertiary/aromatic N) is 4. The molecule has 116 valence electrons. The summed E-state index contributed by atoms with van der Waals surface area (Å²) in [6, 6.07) is 7.94. The van der Waals surface area contributed by atoms with E-state index in [1.807, 2.05) is 24.9 Å². The molecule has 0 radical (unpaired) electrons. The van der Waals surface area contributed by atoms with Crippen molar-refractivity contribution < 1.29 is 4.79 Å². The second kappa shape index (κ2) is 6.30. The van der Waals surface area contributed by atoms with Crippen LogP contribution in [0.15, 0.2) is 30.5 Å². The maximum atomic E-state index is 12.6. The standard InChI is InChI=1S/C17H22N4O/c1-13-5-3-7-15(19-13)11-14-6-4-10-21(12-14)17(22)16-8-9-18-20(16)2/h3,5,7-9,14H,4,6,10-12H2,1-2H3/t14-/m0/s1. The van der Waals surface area contributed by atoms with E-state index in [4.69, 9.17) is 0 Å². The number of rotatable bonds is 3. The molecule has 3 heterocycles. The van der Waals surface area contributed by atoms with Crippen molar-refractivity contribution in [3.05, 3.63) is 47.5 Å². The highest BCUT2D eigenvalue weighted by molar-refractivity contribution is 5.92. The number of hydrogen-bond donors (Lipinski definition) is 0. The van der Waals surface area contributed by atoms with Crippen molar-refractivity contribution in [3.8, 4) is 0 Å². The third kappa shape index (κ3) is 3.18. The molecule has 3 rings (SSSR count). The van der Waals surface area contributed by atoms with Gasteiger partial charge in [-0.1, -0.05) is 6.07 Å². The third-order valence-corrected chi connectivity index (χ3v) is 4.29. The molecule has 2 aromatic heterocycles. The average Bonchev–Trinajstić information content (AvgIpc) is 2.93. The summed E-state index contributed by atoms with van der Waals surface area (Å²) in [7, 11) is 1.81. The van der Waals surface area contributed by atoms with E-state index in [2.05, 4.69) is 22.2 Å². The van der Waals surface area contributed by atoms with Crippen LogP contribution >= 0.6 is 0 Å². The summed E-state index contributed by atoms with van der Waals surface area (Å²) in [5.74, 6) is 0.571. The summed E-state index contributed by atoms with van der Waals surface area (Å²) in [6.45, 7) is 3.66. The molecule has 0 aliphatic carbocycles. The number of pyridine rings is 1. The van der Waals surface area contributed by atoms with Crippen molar-refractivity contribution in [1.82, 2.24) is 19.7 Å². The smallest absolute Gasteiger partial charge is 0.272 e. The third-order valence-electron chi connectivity index (χ3n) is 4.29. The number of hydrogen-bond acceptors (Lipinski definition) is 3. The van der Waals surface area contributed by atoms with Crippen LogP contribution in [0.4, 0.5) is 0 Å². The summed E-state index contributed by atoms with van der Waals surface area (Å²) in [4.78, 5) is 19.1. The zero-order valence-electron chi connectivity index (χ0n) is 13.2. The van der Waals surface area contributed by atoms with Crippen molar-refractivity contribution in [2.75, 3.05) is 13.1 Å². The largest absolute Gasteiger partial charge is 0.337 e. The van der Waals surface area contributed by atoms with Gasteiger partial charge in [0.2, 0.25) is 0 Å². The Hall–Kier alpha value is -2.17. The number of piperidine rings is 1. The lowest BCUT2D eigenvalue weighted by molar-refractivity contribution is 0.0661. The van der Waals surface area contributed by atoms with E-state index in [9.17, 15) is 4.79 Å². The molecule has 0 bridgehead atoms. The lowest BCUT2D eigenvalue weighted by Gasteiger charge is -2.32. The van der Waals surface area contributed by atoms with E-state index < -0.39 is 0 Å². The van der Waals surface area contributed by atoms with Gasteiger partial charge >= 0.3 is 0 Å². The van der Waals surface area contributed by atoms with Gasteiger partial charge in [-0.15, -0.1) is 0 Å². The first kappa shape index (κ1) is 14.8. The Bertz CT molecular complexity index is 664. The van der Waals surface area contributed by atoms with E-state index in [1.165, 1.54) is 0 Å². The van der Waals surface area contributed by atoms with Gasteiger partial charge in [-0.2, -0.15) is 5.10 Å². The van der Waals surface area contributed by atoms with Crippen molar-refractivity contribution in [2.45, 2.75) is 26.2 Å². The van der Waals surface area contributed by atoms with Gasteiger partial charge in [0.05, 0.1) is 0 Å². The van der Waals surface area contributed by atoms with Crippen LogP contribution < -0.4 is 0 Å². The number of aryl methyl sites for hydroxylation is 2. The number of aromatic nitrogens is 3. The fourth-order valence-corrected chi connectivity index (χ4v) is 3.17. The lowest BCUT2D eigenvalue weighted by atomic mass is 9.93. The minimum atomic E-state index is 0.0851. The molecular formula is C17H22N4O. The molecule has 0 spiro atoms. The predicted octanol–water partition coefficient (Wildman–Crippen LogP) is 2.22. The molecular weight excluding hydrogens is 276 g/mol. The molecule has 1 amide bonds. The highest BCUT2D eigenvalue weighted by Crippen LogP contribution is 2.21. The zero-order chi connectivity index (χ0) is 15.5. The molecule has 0 aromatic carbocycles. The summed E-state index contributed by atoms with van der Waals surface area (Å²) < 4.78 is 1.65. The van der Waals surface area contributed by atoms with Gasteiger partial charge in [0.1, 0.15) is 5.69 Å². The number of likely N-dealkylation sites (tertiary alicyclic amines) is 1. The van der Waals surface area contributed by atoms with Crippen LogP contribution in [0, 0.1) is 12.8 Å². The number of carbonyl (C=O) groups is 1. The molecule has 0 saturated carbocycles. The van der Waals surface area contributed by atoms with E-state index >= 15 is 0 Å².